The fourth-order valence-electron chi connectivity index (χ4n) is 2.52. The van der Waals surface area contributed by atoms with Gasteiger partial charge in [0.05, 0.1) is 12.7 Å². The van der Waals surface area contributed by atoms with E-state index in [0.29, 0.717) is 0 Å². The summed E-state index contributed by atoms with van der Waals surface area (Å²) in [5.41, 5.74) is 5.08. The molecule has 0 saturated carbocycles. The van der Waals surface area contributed by atoms with Crippen LogP contribution in [0.3, 0.4) is 0 Å². The maximum Gasteiger partial charge on any atom is 0.0659 e. The van der Waals surface area contributed by atoms with E-state index in [1.165, 1.54) is 28.7 Å². The van der Waals surface area contributed by atoms with Crippen LogP contribution in [0.2, 0.25) is 0 Å². The smallest absolute Gasteiger partial charge is 0.0659 e. The van der Waals surface area contributed by atoms with Gasteiger partial charge in [-0.2, -0.15) is 5.10 Å². The van der Waals surface area contributed by atoms with Crippen molar-refractivity contribution in [2.45, 2.75) is 26.3 Å². The number of hydrogen-bond acceptors (Lipinski definition) is 1. The Morgan fingerprint density at radius 3 is 2.33 bits per heavy atom. The third kappa shape index (κ3) is 3.40. The lowest BCUT2D eigenvalue weighted by molar-refractivity contribution is 0.687. The minimum atomic E-state index is 0.814. The van der Waals surface area contributed by atoms with Crippen LogP contribution in [-0.2, 0) is 13.0 Å². The fourth-order valence-corrected chi connectivity index (χ4v) is 2.52. The monoisotopic (exact) mass is 276 g/mol. The van der Waals surface area contributed by atoms with E-state index in [2.05, 4.69) is 66.8 Å². The molecule has 1 aromatic heterocycles. The number of rotatable bonds is 5. The normalized spacial score (nSPS) is 10.7. The molecule has 2 aromatic carbocycles. The van der Waals surface area contributed by atoms with Crippen LogP contribution in [0.15, 0.2) is 67.0 Å². The first-order valence-corrected chi connectivity index (χ1v) is 7.51. The molecule has 21 heavy (non-hydrogen) atoms. The molecule has 0 fully saturated rings. The number of hydrogen-bond donors (Lipinski definition) is 0. The summed E-state index contributed by atoms with van der Waals surface area (Å²) in [6, 6.07) is 19.2. The Bertz CT molecular complexity index is 681. The molecular weight excluding hydrogens is 256 g/mol. The molecule has 0 saturated heterocycles. The Morgan fingerprint density at radius 2 is 1.62 bits per heavy atom. The molecule has 3 rings (SSSR count). The van der Waals surface area contributed by atoms with Crippen molar-refractivity contribution in [1.29, 1.82) is 0 Å². The van der Waals surface area contributed by atoms with Crippen LogP contribution >= 0.6 is 0 Å². The molecule has 2 heteroatoms. The molecule has 2 nitrogen and oxygen atoms in total. The highest BCUT2D eigenvalue weighted by molar-refractivity contribution is 5.61. The number of aryl methyl sites for hydroxylation is 1. The molecule has 0 N–H and O–H groups in total. The zero-order valence-electron chi connectivity index (χ0n) is 12.4. The summed E-state index contributed by atoms with van der Waals surface area (Å²) < 4.78 is 1.99. The zero-order chi connectivity index (χ0) is 14.5. The molecule has 0 aliphatic rings. The van der Waals surface area contributed by atoms with Crippen molar-refractivity contribution < 1.29 is 0 Å². The van der Waals surface area contributed by atoms with Gasteiger partial charge in [-0.25, -0.2) is 0 Å². The summed E-state index contributed by atoms with van der Waals surface area (Å²) in [7, 11) is 0. The van der Waals surface area contributed by atoms with E-state index in [4.69, 9.17) is 0 Å². The van der Waals surface area contributed by atoms with E-state index in [-0.39, 0.29) is 0 Å². The molecule has 0 amide bonds. The molecule has 0 atom stereocenters. The highest BCUT2D eigenvalue weighted by atomic mass is 15.3. The van der Waals surface area contributed by atoms with Gasteiger partial charge < -0.3 is 0 Å². The van der Waals surface area contributed by atoms with Crippen molar-refractivity contribution in [3.8, 4) is 11.1 Å². The first-order chi connectivity index (χ1) is 10.3. The average Bonchev–Trinajstić information content (AvgIpc) is 2.98. The Balaban J connectivity index is 1.75. The molecule has 3 aromatic rings. The Hall–Kier alpha value is -2.35. The predicted octanol–water partition coefficient (Wildman–Crippen LogP) is 4.55. The fraction of sp³-hybridized carbons (Fsp3) is 0.211. The lowest BCUT2D eigenvalue weighted by atomic mass is 10.0. The summed E-state index contributed by atoms with van der Waals surface area (Å²) >= 11 is 0. The highest BCUT2D eigenvalue weighted by Crippen LogP contribution is 2.20. The molecule has 1 heterocycles. The molecule has 0 spiro atoms. The van der Waals surface area contributed by atoms with Gasteiger partial charge in [-0.05, 0) is 23.1 Å². The number of nitrogens with zero attached hydrogens (tertiary/aromatic N) is 2. The lowest BCUT2D eigenvalue weighted by Crippen LogP contribution is -1.99. The van der Waals surface area contributed by atoms with Gasteiger partial charge in [0.2, 0.25) is 0 Å². The van der Waals surface area contributed by atoms with E-state index < -0.39 is 0 Å². The molecule has 0 aliphatic heterocycles. The first-order valence-electron chi connectivity index (χ1n) is 7.51. The van der Waals surface area contributed by atoms with Crippen molar-refractivity contribution in [2.24, 2.45) is 0 Å². The second-order valence-electron chi connectivity index (χ2n) is 5.36. The van der Waals surface area contributed by atoms with Crippen LogP contribution in [0.25, 0.3) is 11.1 Å². The van der Waals surface area contributed by atoms with E-state index >= 15 is 0 Å². The van der Waals surface area contributed by atoms with E-state index in [9.17, 15) is 0 Å². The summed E-state index contributed by atoms with van der Waals surface area (Å²) in [5.74, 6) is 0. The van der Waals surface area contributed by atoms with Crippen LogP contribution in [0.1, 0.15) is 24.5 Å². The van der Waals surface area contributed by atoms with Gasteiger partial charge >= 0.3 is 0 Å². The van der Waals surface area contributed by atoms with Crippen molar-refractivity contribution >= 4 is 0 Å². The van der Waals surface area contributed by atoms with Gasteiger partial charge in [-0.3, -0.25) is 4.68 Å². The van der Waals surface area contributed by atoms with Crippen molar-refractivity contribution in [3.05, 3.63) is 78.1 Å². The van der Waals surface area contributed by atoms with Gasteiger partial charge in [0.15, 0.2) is 0 Å². The average molecular weight is 276 g/mol. The second kappa shape index (κ2) is 6.40. The Kier molecular flexibility index (Phi) is 4.15. The largest absolute Gasteiger partial charge is 0.268 e. The molecule has 0 bridgehead atoms. The van der Waals surface area contributed by atoms with Crippen LogP contribution in [0.5, 0.6) is 0 Å². The van der Waals surface area contributed by atoms with Crippen molar-refractivity contribution in [3.63, 3.8) is 0 Å². The molecule has 106 valence electrons. The van der Waals surface area contributed by atoms with Crippen molar-refractivity contribution in [1.82, 2.24) is 9.78 Å². The lowest BCUT2D eigenvalue weighted by Gasteiger charge is -2.02. The summed E-state index contributed by atoms with van der Waals surface area (Å²) in [6.45, 7) is 3.02. The van der Waals surface area contributed by atoms with E-state index in [0.717, 1.165) is 13.0 Å². The number of benzene rings is 2. The zero-order valence-corrected chi connectivity index (χ0v) is 12.4. The van der Waals surface area contributed by atoms with Gasteiger partial charge in [0.25, 0.3) is 0 Å². The number of aromatic nitrogens is 2. The van der Waals surface area contributed by atoms with Crippen molar-refractivity contribution in [2.75, 3.05) is 0 Å². The summed E-state index contributed by atoms with van der Waals surface area (Å²) in [6.07, 6.45) is 6.39. The minimum absolute atomic E-state index is 0.814. The van der Waals surface area contributed by atoms with Crippen LogP contribution in [-0.4, -0.2) is 9.78 Å². The predicted molar refractivity (Wildman–Crippen MR) is 87.2 cm³/mol. The standard InChI is InChI=1S/C19H20N2/c1-2-6-16-9-11-18(12-10-16)19-13-20-21(15-19)14-17-7-4-3-5-8-17/h3-5,7-13,15H,2,6,14H2,1H3. The van der Waals surface area contributed by atoms with Gasteiger partial charge in [0, 0.05) is 11.8 Å². The summed E-state index contributed by atoms with van der Waals surface area (Å²) in [5, 5.41) is 4.46. The van der Waals surface area contributed by atoms with Gasteiger partial charge in [0.1, 0.15) is 0 Å². The van der Waals surface area contributed by atoms with E-state index in [1.54, 1.807) is 0 Å². The Morgan fingerprint density at radius 1 is 0.857 bits per heavy atom. The van der Waals surface area contributed by atoms with Crippen LogP contribution in [0, 0.1) is 0 Å². The molecule has 0 radical (unpaired) electrons. The first kappa shape index (κ1) is 13.6. The van der Waals surface area contributed by atoms with Crippen LogP contribution in [0.4, 0.5) is 0 Å². The third-order valence-electron chi connectivity index (χ3n) is 3.65. The minimum Gasteiger partial charge on any atom is -0.268 e. The maximum absolute atomic E-state index is 4.46. The maximum atomic E-state index is 4.46. The highest BCUT2D eigenvalue weighted by Gasteiger charge is 2.02. The third-order valence-corrected chi connectivity index (χ3v) is 3.65. The topological polar surface area (TPSA) is 17.8 Å². The Labute approximate surface area is 126 Å². The molecule has 0 aliphatic carbocycles. The van der Waals surface area contributed by atoms with E-state index in [1.807, 2.05) is 16.9 Å². The second-order valence-corrected chi connectivity index (χ2v) is 5.36. The summed E-state index contributed by atoms with van der Waals surface area (Å²) in [4.78, 5) is 0. The van der Waals surface area contributed by atoms with Gasteiger partial charge in [-0.15, -0.1) is 0 Å². The molecule has 0 unspecified atom stereocenters. The SMILES string of the molecule is CCCc1ccc(-c2cnn(Cc3ccccc3)c2)cc1. The van der Waals surface area contributed by atoms with Gasteiger partial charge in [-0.1, -0.05) is 67.9 Å². The van der Waals surface area contributed by atoms with Crippen LogP contribution < -0.4 is 0 Å². The molecular formula is C19H20N2. The quantitative estimate of drug-likeness (QED) is 0.668.